The molecule has 1 aromatic carbocycles. The summed E-state index contributed by atoms with van der Waals surface area (Å²) >= 11 is 11.7. The third-order valence-corrected chi connectivity index (χ3v) is 4.43. The number of aromatic nitrogens is 2. The lowest BCUT2D eigenvalue weighted by Crippen LogP contribution is -2.22. The van der Waals surface area contributed by atoms with Gasteiger partial charge in [-0.1, -0.05) is 23.2 Å². The summed E-state index contributed by atoms with van der Waals surface area (Å²) in [6.07, 6.45) is 0. The van der Waals surface area contributed by atoms with E-state index in [-0.39, 0.29) is 32.6 Å². The fraction of sp³-hybridized carbons (Fsp3) is 0.176. The first-order valence-corrected chi connectivity index (χ1v) is 8.64. The van der Waals surface area contributed by atoms with Crippen molar-refractivity contribution in [2.45, 2.75) is 13.8 Å². The zero-order valence-corrected chi connectivity index (χ0v) is 16.2. The number of aromatic amines is 1. The van der Waals surface area contributed by atoms with Crippen molar-refractivity contribution in [3.8, 4) is 0 Å². The number of carbonyl (C=O) groups excluding carboxylic acids is 2. The van der Waals surface area contributed by atoms with Crippen LogP contribution in [0.1, 0.15) is 21.8 Å². The smallest absolute Gasteiger partial charge is 0.340 e. The molecule has 11 heteroatoms. The maximum Gasteiger partial charge on any atom is 0.340 e. The predicted molar refractivity (Wildman–Crippen MR) is 104 cm³/mol. The third kappa shape index (κ3) is 3.67. The van der Waals surface area contributed by atoms with E-state index in [0.29, 0.717) is 16.8 Å². The largest absolute Gasteiger partial charge is 0.452 e. The van der Waals surface area contributed by atoms with E-state index in [4.69, 9.17) is 38.1 Å². The van der Waals surface area contributed by atoms with Gasteiger partial charge in [-0.2, -0.15) is 5.10 Å². The first-order valence-electron chi connectivity index (χ1n) is 7.89. The zero-order valence-electron chi connectivity index (χ0n) is 14.7. The fourth-order valence-electron chi connectivity index (χ4n) is 2.66. The molecule has 0 radical (unpaired) electrons. The maximum absolute atomic E-state index is 12.2. The van der Waals surface area contributed by atoms with Crippen molar-refractivity contribution >= 4 is 57.4 Å². The van der Waals surface area contributed by atoms with Crippen LogP contribution in [0.25, 0.3) is 10.8 Å². The highest BCUT2D eigenvalue weighted by Crippen LogP contribution is 2.29. The van der Waals surface area contributed by atoms with Gasteiger partial charge in [0, 0.05) is 5.02 Å². The van der Waals surface area contributed by atoms with Gasteiger partial charge >= 0.3 is 5.97 Å². The maximum atomic E-state index is 12.2. The van der Waals surface area contributed by atoms with Gasteiger partial charge in [-0.05, 0) is 26.0 Å². The summed E-state index contributed by atoms with van der Waals surface area (Å²) in [5.74, 6) is -1.25. The molecule has 28 heavy (non-hydrogen) atoms. The van der Waals surface area contributed by atoms with Gasteiger partial charge in [0.15, 0.2) is 6.61 Å². The Balaban J connectivity index is 1.76. The number of aryl methyl sites for hydroxylation is 2. The number of nitrogens with two attached hydrogens (primary N) is 1. The van der Waals surface area contributed by atoms with E-state index >= 15 is 0 Å². The number of hydrogen-bond donors (Lipinski definition) is 3. The molecule has 0 bridgehead atoms. The molecule has 2 heterocycles. The highest BCUT2D eigenvalue weighted by Gasteiger charge is 2.20. The summed E-state index contributed by atoms with van der Waals surface area (Å²) in [7, 11) is 0. The predicted octanol–water partition coefficient (Wildman–Crippen LogP) is 2.82. The van der Waals surface area contributed by atoms with Crippen LogP contribution in [0, 0.1) is 13.8 Å². The molecule has 3 rings (SSSR count). The van der Waals surface area contributed by atoms with Crippen molar-refractivity contribution in [2.24, 2.45) is 0 Å². The van der Waals surface area contributed by atoms with Gasteiger partial charge in [0.2, 0.25) is 5.88 Å². The van der Waals surface area contributed by atoms with Gasteiger partial charge in [0.1, 0.15) is 11.1 Å². The number of nitrogen functional groups attached to an aromatic ring is 1. The Morgan fingerprint density at radius 1 is 1.29 bits per heavy atom. The molecule has 4 N–H and O–H groups in total. The van der Waals surface area contributed by atoms with Crippen molar-refractivity contribution in [3.05, 3.63) is 49.5 Å². The first kappa shape index (κ1) is 19.7. The summed E-state index contributed by atoms with van der Waals surface area (Å²) in [5, 5.41) is 9.51. The number of hydrogen-bond acceptors (Lipinski definition) is 7. The van der Waals surface area contributed by atoms with E-state index in [0.717, 1.165) is 0 Å². The number of esters is 1. The molecule has 0 aliphatic heterocycles. The molecule has 0 saturated carbocycles. The molecule has 9 nitrogen and oxygen atoms in total. The first-order chi connectivity index (χ1) is 13.2. The molecule has 0 saturated heterocycles. The molecule has 1 amide bonds. The lowest BCUT2D eigenvalue weighted by Gasteiger charge is -2.08. The van der Waals surface area contributed by atoms with E-state index < -0.39 is 24.0 Å². The van der Waals surface area contributed by atoms with Crippen LogP contribution in [-0.4, -0.2) is 28.7 Å². The minimum absolute atomic E-state index is 0.0152. The number of H-pyrrole nitrogens is 1. The molecule has 2 aromatic heterocycles. The Morgan fingerprint density at radius 2 is 2.00 bits per heavy atom. The lowest BCUT2D eigenvalue weighted by molar-refractivity contribution is -0.119. The summed E-state index contributed by atoms with van der Waals surface area (Å²) in [6, 6.07) is 2.66. The number of furan rings is 1. The van der Waals surface area contributed by atoms with Gasteiger partial charge < -0.3 is 14.9 Å². The van der Waals surface area contributed by atoms with Crippen LogP contribution in [0.3, 0.4) is 0 Å². The SMILES string of the molecule is Cc1n[nH]c(=O)c2c(NC(=O)COC(=O)c3cc(Cl)cc(Cl)c3N)oc(C)c12. The monoisotopic (exact) mass is 424 g/mol. The van der Waals surface area contributed by atoms with Gasteiger partial charge in [0.25, 0.3) is 11.5 Å². The second kappa shape index (κ2) is 7.53. The molecule has 0 unspecified atom stereocenters. The molecule has 146 valence electrons. The van der Waals surface area contributed by atoms with Crippen molar-refractivity contribution in [2.75, 3.05) is 17.7 Å². The number of halogens is 2. The number of fused-ring (bicyclic) bond motifs is 1. The van der Waals surface area contributed by atoms with Crippen LogP contribution < -0.4 is 16.6 Å². The number of carbonyl (C=O) groups is 2. The molecule has 3 aromatic rings. The molecule has 0 spiro atoms. The Labute approximate surface area is 167 Å². The molecule has 0 atom stereocenters. The summed E-state index contributed by atoms with van der Waals surface area (Å²) in [4.78, 5) is 36.4. The van der Waals surface area contributed by atoms with Gasteiger partial charge in [0.05, 0.1) is 27.4 Å². The Bertz CT molecular complexity index is 1170. The Kier molecular flexibility index (Phi) is 5.30. The standard InChI is InChI=1S/C17H14Cl2N4O5/c1-6-12-7(2)28-16(13(12)15(25)23-22-6)21-11(24)5-27-17(26)9-3-8(18)4-10(19)14(9)20/h3-4H,5,20H2,1-2H3,(H,21,24)(H,23,25). The summed E-state index contributed by atoms with van der Waals surface area (Å²) in [6.45, 7) is 2.68. The van der Waals surface area contributed by atoms with Crippen LogP contribution in [0.2, 0.25) is 10.0 Å². The number of rotatable bonds is 4. The molecular weight excluding hydrogens is 411 g/mol. The normalized spacial score (nSPS) is 10.9. The van der Waals surface area contributed by atoms with Crippen LogP contribution in [0.5, 0.6) is 0 Å². The Morgan fingerprint density at radius 3 is 2.71 bits per heavy atom. The van der Waals surface area contributed by atoms with Gasteiger partial charge in [-0.3, -0.25) is 14.9 Å². The summed E-state index contributed by atoms with van der Waals surface area (Å²) < 4.78 is 10.4. The Hall–Kier alpha value is -3.04. The summed E-state index contributed by atoms with van der Waals surface area (Å²) in [5.41, 5.74) is 5.66. The number of amides is 1. The molecule has 0 aliphatic rings. The highest BCUT2D eigenvalue weighted by molar-refractivity contribution is 6.37. The number of nitrogens with one attached hydrogen (secondary N) is 2. The average molecular weight is 425 g/mol. The topological polar surface area (TPSA) is 140 Å². The van der Waals surface area contributed by atoms with Crippen LogP contribution in [0.15, 0.2) is 21.3 Å². The molecule has 0 aliphatic carbocycles. The van der Waals surface area contributed by atoms with Crippen LogP contribution >= 0.6 is 23.2 Å². The minimum Gasteiger partial charge on any atom is -0.452 e. The number of ether oxygens (including phenoxy) is 1. The second-order valence-corrected chi connectivity index (χ2v) is 6.69. The minimum atomic E-state index is -0.879. The van der Waals surface area contributed by atoms with Crippen molar-refractivity contribution < 1.29 is 18.7 Å². The highest BCUT2D eigenvalue weighted by atomic mass is 35.5. The number of benzene rings is 1. The quantitative estimate of drug-likeness (QED) is 0.431. The second-order valence-electron chi connectivity index (χ2n) is 5.85. The van der Waals surface area contributed by atoms with E-state index in [1.807, 2.05) is 0 Å². The van der Waals surface area contributed by atoms with E-state index in [1.54, 1.807) is 13.8 Å². The average Bonchev–Trinajstić information content (AvgIpc) is 2.96. The van der Waals surface area contributed by atoms with Crippen molar-refractivity contribution in [1.29, 1.82) is 0 Å². The van der Waals surface area contributed by atoms with Gasteiger partial charge in [-0.25, -0.2) is 9.89 Å². The molecule has 0 fully saturated rings. The van der Waals surface area contributed by atoms with E-state index in [9.17, 15) is 14.4 Å². The van der Waals surface area contributed by atoms with Crippen LogP contribution in [0.4, 0.5) is 11.6 Å². The van der Waals surface area contributed by atoms with Crippen molar-refractivity contribution in [1.82, 2.24) is 10.2 Å². The number of nitrogens with zero attached hydrogens (tertiary/aromatic N) is 1. The lowest BCUT2D eigenvalue weighted by atomic mass is 10.2. The van der Waals surface area contributed by atoms with Crippen molar-refractivity contribution in [3.63, 3.8) is 0 Å². The van der Waals surface area contributed by atoms with E-state index in [1.165, 1.54) is 12.1 Å². The zero-order chi connectivity index (χ0) is 20.6. The van der Waals surface area contributed by atoms with Crippen LogP contribution in [-0.2, 0) is 9.53 Å². The van der Waals surface area contributed by atoms with E-state index in [2.05, 4.69) is 15.5 Å². The third-order valence-electron chi connectivity index (χ3n) is 3.90. The van der Waals surface area contributed by atoms with Gasteiger partial charge in [-0.15, -0.1) is 0 Å². The molecular formula is C17H14Cl2N4O5. The number of anilines is 2. The fourth-order valence-corrected chi connectivity index (χ4v) is 3.15.